The van der Waals surface area contributed by atoms with Gasteiger partial charge in [0.15, 0.2) is 0 Å². The van der Waals surface area contributed by atoms with E-state index in [1.165, 1.54) is 58.0 Å². The van der Waals surface area contributed by atoms with E-state index in [2.05, 4.69) is 11.9 Å². The maximum atomic E-state index is 5.48. The van der Waals surface area contributed by atoms with Gasteiger partial charge in [-0.15, -0.1) is 0 Å². The fourth-order valence-corrected chi connectivity index (χ4v) is 2.52. The van der Waals surface area contributed by atoms with Gasteiger partial charge in [0.2, 0.25) is 0 Å². The zero-order chi connectivity index (χ0) is 12.3. The van der Waals surface area contributed by atoms with E-state index in [0.717, 1.165) is 25.7 Å². The van der Waals surface area contributed by atoms with Crippen molar-refractivity contribution in [2.45, 2.75) is 44.9 Å². The Balaban J connectivity index is 1.91. The summed E-state index contributed by atoms with van der Waals surface area (Å²) >= 11 is 0. The van der Waals surface area contributed by atoms with Crippen molar-refractivity contribution in [2.75, 3.05) is 39.9 Å². The fourth-order valence-electron chi connectivity index (χ4n) is 2.52. The lowest BCUT2D eigenvalue weighted by molar-refractivity contribution is 0.0556. The van der Waals surface area contributed by atoms with E-state index in [1.54, 1.807) is 0 Å². The average Bonchev–Trinajstić information content (AvgIpc) is 2.35. The summed E-state index contributed by atoms with van der Waals surface area (Å²) in [5.41, 5.74) is 5.48. The van der Waals surface area contributed by atoms with Crippen LogP contribution >= 0.6 is 0 Å². The van der Waals surface area contributed by atoms with Gasteiger partial charge in [0.25, 0.3) is 0 Å². The summed E-state index contributed by atoms with van der Waals surface area (Å²) in [7, 11) is 2.26. The largest absolute Gasteiger partial charge is 0.381 e. The van der Waals surface area contributed by atoms with Crippen molar-refractivity contribution < 1.29 is 4.74 Å². The lowest BCUT2D eigenvalue weighted by atomic mass is 10.00. The van der Waals surface area contributed by atoms with Crippen molar-refractivity contribution in [1.82, 2.24) is 4.90 Å². The molecular weight excluding hydrogens is 212 g/mol. The van der Waals surface area contributed by atoms with E-state index < -0.39 is 0 Å². The minimum absolute atomic E-state index is 0.851. The van der Waals surface area contributed by atoms with Crippen LogP contribution in [-0.4, -0.2) is 44.8 Å². The molecule has 2 N–H and O–H groups in total. The predicted octanol–water partition coefficient (Wildman–Crippen LogP) is 2.25. The molecule has 0 amide bonds. The fraction of sp³-hybridized carbons (Fsp3) is 1.00. The van der Waals surface area contributed by atoms with Crippen molar-refractivity contribution in [3.8, 4) is 0 Å². The Hall–Kier alpha value is -0.120. The Bertz CT molecular complexity index is 170. The number of hydrogen-bond acceptors (Lipinski definition) is 3. The molecule has 0 aromatic rings. The Kier molecular flexibility index (Phi) is 8.67. The molecule has 0 bridgehead atoms. The molecule has 1 heterocycles. The number of rotatable bonds is 9. The van der Waals surface area contributed by atoms with E-state index >= 15 is 0 Å². The highest BCUT2D eigenvalue weighted by atomic mass is 16.5. The van der Waals surface area contributed by atoms with Crippen LogP contribution in [-0.2, 0) is 4.74 Å². The maximum Gasteiger partial charge on any atom is 0.0469 e. The SMILES string of the molecule is CN(CCCCCCCN)CC1CCOCC1. The first-order chi connectivity index (χ1) is 8.33. The molecule has 0 saturated carbocycles. The third-order valence-corrected chi connectivity index (χ3v) is 3.65. The minimum atomic E-state index is 0.851. The summed E-state index contributed by atoms with van der Waals surface area (Å²) in [4.78, 5) is 2.50. The average molecular weight is 242 g/mol. The highest BCUT2D eigenvalue weighted by Gasteiger charge is 2.15. The van der Waals surface area contributed by atoms with E-state index in [9.17, 15) is 0 Å². The third-order valence-electron chi connectivity index (χ3n) is 3.65. The minimum Gasteiger partial charge on any atom is -0.381 e. The second-order valence-electron chi connectivity index (χ2n) is 5.37. The molecule has 0 aromatic heterocycles. The lowest BCUT2D eigenvalue weighted by Gasteiger charge is -2.27. The Morgan fingerprint density at radius 1 is 1.06 bits per heavy atom. The van der Waals surface area contributed by atoms with E-state index in [0.29, 0.717) is 0 Å². The van der Waals surface area contributed by atoms with Crippen LogP contribution in [0.4, 0.5) is 0 Å². The van der Waals surface area contributed by atoms with Crippen molar-refractivity contribution in [3.63, 3.8) is 0 Å². The molecule has 1 aliphatic heterocycles. The van der Waals surface area contributed by atoms with Crippen molar-refractivity contribution in [2.24, 2.45) is 11.7 Å². The van der Waals surface area contributed by atoms with Gasteiger partial charge in [0.1, 0.15) is 0 Å². The second kappa shape index (κ2) is 9.86. The van der Waals surface area contributed by atoms with Crippen molar-refractivity contribution in [1.29, 1.82) is 0 Å². The lowest BCUT2D eigenvalue weighted by Crippen LogP contribution is -2.30. The number of ether oxygens (including phenoxy) is 1. The van der Waals surface area contributed by atoms with Gasteiger partial charge in [-0.2, -0.15) is 0 Å². The molecule has 3 nitrogen and oxygen atoms in total. The van der Waals surface area contributed by atoms with Crippen LogP contribution in [0, 0.1) is 5.92 Å². The van der Waals surface area contributed by atoms with Gasteiger partial charge in [-0.3, -0.25) is 0 Å². The molecule has 0 spiro atoms. The highest BCUT2D eigenvalue weighted by molar-refractivity contribution is 4.67. The first-order valence-corrected chi connectivity index (χ1v) is 7.29. The molecule has 0 unspecified atom stereocenters. The van der Waals surface area contributed by atoms with E-state index in [-0.39, 0.29) is 0 Å². The Labute approximate surface area is 107 Å². The van der Waals surface area contributed by atoms with Crippen molar-refractivity contribution >= 4 is 0 Å². The molecule has 0 atom stereocenters. The first-order valence-electron chi connectivity index (χ1n) is 7.29. The van der Waals surface area contributed by atoms with Crippen LogP contribution < -0.4 is 5.73 Å². The topological polar surface area (TPSA) is 38.5 Å². The molecule has 3 heteroatoms. The van der Waals surface area contributed by atoms with Gasteiger partial charge >= 0.3 is 0 Å². The molecule has 17 heavy (non-hydrogen) atoms. The molecular formula is C14H30N2O. The second-order valence-corrected chi connectivity index (χ2v) is 5.37. The molecule has 1 rings (SSSR count). The summed E-state index contributed by atoms with van der Waals surface area (Å²) < 4.78 is 5.39. The highest BCUT2D eigenvalue weighted by Crippen LogP contribution is 2.15. The van der Waals surface area contributed by atoms with Gasteiger partial charge in [0, 0.05) is 19.8 Å². The van der Waals surface area contributed by atoms with Gasteiger partial charge in [0.05, 0.1) is 0 Å². The standard InChI is InChI=1S/C14H30N2O/c1-16(10-6-4-2-3-5-9-15)13-14-7-11-17-12-8-14/h14H,2-13,15H2,1H3. The summed E-state index contributed by atoms with van der Waals surface area (Å²) in [5.74, 6) is 0.867. The third kappa shape index (κ3) is 7.74. The molecule has 102 valence electrons. The number of hydrogen-bond donors (Lipinski definition) is 1. The Morgan fingerprint density at radius 3 is 2.41 bits per heavy atom. The monoisotopic (exact) mass is 242 g/mol. The number of nitrogens with two attached hydrogens (primary N) is 1. The molecule has 0 aliphatic carbocycles. The van der Waals surface area contributed by atoms with Crippen LogP contribution in [0.5, 0.6) is 0 Å². The zero-order valence-electron chi connectivity index (χ0n) is 11.5. The van der Waals surface area contributed by atoms with E-state index in [1.807, 2.05) is 0 Å². The molecule has 0 aromatic carbocycles. The summed E-state index contributed by atoms with van der Waals surface area (Å²) in [6.45, 7) is 5.30. The normalized spacial score (nSPS) is 17.8. The first kappa shape index (κ1) is 14.9. The predicted molar refractivity (Wildman–Crippen MR) is 73.2 cm³/mol. The number of nitrogens with zero attached hydrogens (tertiary/aromatic N) is 1. The molecule has 1 fully saturated rings. The molecule has 0 radical (unpaired) electrons. The van der Waals surface area contributed by atoms with Crippen LogP contribution in [0.25, 0.3) is 0 Å². The maximum absolute atomic E-state index is 5.48. The molecule has 1 saturated heterocycles. The summed E-state index contributed by atoms with van der Waals surface area (Å²) in [6, 6.07) is 0. The van der Waals surface area contributed by atoms with Crippen LogP contribution in [0.3, 0.4) is 0 Å². The van der Waals surface area contributed by atoms with Crippen LogP contribution in [0.15, 0.2) is 0 Å². The quantitative estimate of drug-likeness (QED) is 0.630. The number of unbranched alkanes of at least 4 members (excludes halogenated alkanes) is 4. The van der Waals surface area contributed by atoms with Crippen LogP contribution in [0.1, 0.15) is 44.9 Å². The van der Waals surface area contributed by atoms with Gasteiger partial charge in [-0.05, 0) is 51.7 Å². The van der Waals surface area contributed by atoms with Gasteiger partial charge < -0.3 is 15.4 Å². The van der Waals surface area contributed by atoms with Crippen LogP contribution in [0.2, 0.25) is 0 Å². The van der Waals surface area contributed by atoms with Gasteiger partial charge in [-0.25, -0.2) is 0 Å². The smallest absolute Gasteiger partial charge is 0.0469 e. The summed E-state index contributed by atoms with van der Waals surface area (Å²) in [5, 5.41) is 0. The summed E-state index contributed by atoms with van der Waals surface area (Å²) in [6.07, 6.45) is 9.05. The van der Waals surface area contributed by atoms with E-state index in [4.69, 9.17) is 10.5 Å². The zero-order valence-corrected chi connectivity index (χ0v) is 11.5. The van der Waals surface area contributed by atoms with Crippen molar-refractivity contribution in [3.05, 3.63) is 0 Å². The Morgan fingerprint density at radius 2 is 1.71 bits per heavy atom. The van der Waals surface area contributed by atoms with Gasteiger partial charge in [-0.1, -0.05) is 19.3 Å². The molecule has 1 aliphatic rings.